The molecule has 1 aromatic rings. The van der Waals surface area contributed by atoms with Gasteiger partial charge in [-0.25, -0.2) is 0 Å². The summed E-state index contributed by atoms with van der Waals surface area (Å²) in [6, 6.07) is 9.32. The van der Waals surface area contributed by atoms with Crippen LogP contribution in [-0.4, -0.2) is 13.1 Å². The predicted molar refractivity (Wildman–Crippen MR) is 68.7 cm³/mol. The highest BCUT2D eigenvalue weighted by molar-refractivity contribution is 5.56. The summed E-state index contributed by atoms with van der Waals surface area (Å²) in [5.41, 5.74) is 2.89. The Morgan fingerprint density at radius 3 is 2.88 bits per heavy atom. The number of para-hydroxylation sites is 1. The number of hydrogen-bond donors (Lipinski definition) is 0. The van der Waals surface area contributed by atoms with Crippen molar-refractivity contribution in [2.75, 3.05) is 11.9 Å². The summed E-state index contributed by atoms with van der Waals surface area (Å²) in [7, 11) is 2.21. The van der Waals surface area contributed by atoms with Gasteiger partial charge in [0.25, 0.3) is 0 Å². The first-order valence-electron chi connectivity index (χ1n) is 6.02. The van der Waals surface area contributed by atoms with Gasteiger partial charge in [0.2, 0.25) is 0 Å². The quantitative estimate of drug-likeness (QED) is 0.637. The second-order valence-electron chi connectivity index (χ2n) is 4.70. The molecule has 0 saturated heterocycles. The van der Waals surface area contributed by atoms with Gasteiger partial charge in [0.1, 0.15) is 0 Å². The van der Waals surface area contributed by atoms with Crippen LogP contribution in [0.5, 0.6) is 0 Å². The Hall–Kier alpha value is -1.50. The van der Waals surface area contributed by atoms with Crippen molar-refractivity contribution in [1.82, 2.24) is 0 Å². The van der Waals surface area contributed by atoms with E-state index in [4.69, 9.17) is 0 Å². The highest BCUT2D eigenvalue weighted by Gasteiger charge is 2.27. The molecule has 0 amide bonds. The SMILES string of the molecule is CN1c2ccccc2CCC2C=CC=CC21. The first-order chi connectivity index (χ1) is 7.86. The molecule has 1 aliphatic heterocycles. The Bertz CT molecular complexity index is 445. The van der Waals surface area contributed by atoms with Gasteiger partial charge in [-0.1, -0.05) is 42.5 Å². The van der Waals surface area contributed by atoms with Gasteiger partial charge in [0.05, 0.1) is 6.04 Å². The van der Waals surface area contributed by atoms with Crippen LogP contribution in [0.1, 0.15) is 12.0 Å². The summed E-state index contributed by atoms with van der Waals surface area (Å²) in [6.45, 7) is 0. The summed E-state index contributed by atoms with van der Waals surface area (Å²) >= 11 is 0. The van der Waals surface area contributed by atoms with Crippen LogP contribution in [0.3, 0.4) is 0 Å². The molecule has 3 rings (SSSR count). The number of allylic oxidation sites excluding steroid dienone is 2. The van der Waals surface area contributed by atoms with E-state index in [1.807, 2.05) is 0 Å². The minimum absolute atomic E-state index is 0.536. The Balaban J connectivity index is 2.04. The molecule has 1 aromatic carbocycles. The van der Waals surface area contributed by atoms with Gasteiger partial charge in [-0.05, 0) is 24.5 Å². The van der Waals surface area contributed by atoms with E-state index in [-0.39, 0.29) is 0 Å². The van der Waals surface area contributed by atoms with Crippen LogP contribution >= 0.6 is 0 Å². The van der Waals surface area contributed by atoms with Gasteiger partial charge in [0.15, 0.2) is 0 Å². The Morgan fingerprint density at radius 1 is 1.12 bits per heavy atom. The van der Waals surface area contributed by atoms with Crippen molar-refractivity contribution in [2.24, 2.45) is 5.92 Å². The number of nitrogens with zero attached hydrogens (tertiary/aromatic N) is 1. The fraction of sp³-hybridized carbons (Fsp3) is 0.333. The number of rotatable bonds is 0. The maximum absolute atomic E-state index is 2.42. The van der Waals surface area contributed by atoms with Gasteiger partial charge < -0.3 is 4.90 Å². The van der Waals surface area contributed by atoms with Gasteiger partial charge >= 0.3 is 0 Å². The monoisotopic (exact) mass is 211 g/mol. The van der Waals surface area contributed by atoms with Crippen molar-refractivity contribution in [1.29, 1.82) is 0 Å². The molecule has 16 heavy (non-hydrogen) atoms. The second kappa shape index (κ2) is 3.82. The van der Waals surface area contributed by atoms with Crippen molar-refractivity contribution in [3.05, 3.63) is 54.1 Å². The maximum atomic E-state index is 2.42. The number of anilines is 1. The van der Waals surface area contributed by atoms with Crippen molar-refractivity contribution >= 4 is 5.69 Å². The van der Waals surface area contributed by atoms with E-state index in [9.17, 15) is 0 Å². The highest BCUT2D eigenvalue weighted by Crippen LogP contribution is 2.33. The van der Waals surface area contributed by atoms with Gasteiger partial charge in [-0.15, -0.1) is 0 Å². The first-order valence-corrected chi connectivity index (χ1v) is 6.02. The van der Waals surface area contributed by atoms with E-state index in [1.165, 1.54) is 24.1 Å². The lowest BCUT2D eigenvalue weighted by atomic mass is 9.91. The third kappa shape index (κ3) is 1.47. The van der Waals surface area contributed by atoms with Crippen molar-refractivity contribution in [3.63, 3.8) is 0 Å². The van der Waals surface area contributed by atoms with E-state index in [2.05, 4.69) is 60.5 Å². The molecule has 2 aliphatic rings. The third-order valence-corrected chi connectivity index (χ3v) is 3.78. The lowest BCUT2D eigenvalue weighted by Gasteiger charge is -2.32. The lowest BCUT2D eigenvalue weighted by molar-refractivity contribution is 0.525. The van der Waals surface area contributed by atoms with Crippen molar-refractivity contribution in [2.45, 2.75) is 18.9 Å². The highest BCUT2D eigenvalue weighted by atomic mass is 15.1. The van der Waals surface area contributed by atoms with Crippen LogP contribution in [-0.2, 0) is 6.42 Å². The average Bonchev–Trinajstić information content (AvgIpc) is 2.49. The summed E-state index contributed by atoms with van der Waals surface area (Å²) in [6.07, 6.45) is 11.5. The molecule has 1 nitrogen and oxygen atoms in total. The van der Waals surface area contributed by atoms with Crippen molar-refractivity contribution < 1.29 is 0 Å². The predicted octanol–water partition coefficient (Wildman–Crippen LogP) is 3.18. The number of likely N-dealkylation sites (N-methyl/N-ethyl adjacent to an activating group) is 1. The van der Waals surface area contributed by atoms with Gasteiger partial charge in [-0.2, -0.15) is 0 Å². The van der Waals surface area contributed by atoms with E-state index < -0.39 is 0 Å². The molecule has 1 heteroatoms. The number of hydrogen-bond acceptors (Lipinski definition) is 1. The molecule has 0 aromatic heterocycles. The second-order valence-corrected chi connectivity index (χ2v) is 4.70. The molecule has 0 fully saturated rings. The minimum Gasteiger partial charge on any atom is -0.367 e. The molecule has 0 spiro atoms. The number of aryl methyl sites for hydroxylation is 1. The minimum atomic E-state index is 0.536. The van der Waals surface area contributed by atoms with Crippen LogP contribution < -0.4 is 4.90 Å². The molecule has 1 heterocycles. The molecular weight excluding hydrogens is 194 g/mol. The molecule has 0 saturated carbocycles. The first kappa shape index (κ1) is 9.71. The Kier molecular flexibility index (Phi) is 2.32. The Labute approximate surface area is 97.1 Å². The maximum Gasteiger partial charge on any atom is 0.0535 e. The molecule has 0 N–H and O–H groups in total. The normalized spacial score (nSPS) is 27.2. The standard InChI is InChI=1S/C15H17N/c1-16-14-8-4-2-6-12(14)10-11-13-7-3-5-9-15(13)16/h2-9,12,14H,10-11H2,1H3. The molecule has 2 unspecified atom stereocenters. The average molecular weight is 211 g/mol. The van der Waals surface area contributed by atoms with E-state index in [1.54, 1.807) is 0 Å². The van der Waals surface area contributed by atoms with E-state index in [0.29, 0.717) is 12.0 Å². The van der Waals surface area contributed by atoms with E-state index in [0.717, 1.165) is 0 Å². The number of fused-ring (bicyclic) bond motifs is 2. The zero-order chi connectivity index (χ0) is 11.0. The Morgan fingerprint density at radius 2 is 1.94 bits per heavy atom. The summed E-state index contributed by atoms with van der Waals surface area (Å²) in [4.78, 5) is 2.42. The topological polar surface area (TPSA) is 3.24 Å². The van der Waals surface area contributed by atoms with Gasteiger partial charge in [-0.3, -0.25) is 0 Å². The van der Waals surface area contributed by atoms with Crippen LogP contribution in [0.15, 0.2) is 48.6 Å². The molecule has 2 atom stereocenters. The fourth-order valence-electron chi connectivity index (χ4n) is 2.87. The molecule has 0 radical (unpaired) electrons. The lowest BCUT2D eigenvalue weighted by Crippen LogP contribution is -2.35. The van der Waals surface area contributed by atoms with Crippen molar-refractivity contribution in [3.8, 4) is 0 Å². The van der Waals surface area contributed by atoms with Crippen LogP contribution in [0, 0.1) is 5.92 Å². The fourth-order valence-corrected chi connectivity index (χ4v) is 2.87. The van der Waals surface area contributed by atoms with Crippen LogP contribution in [0.4, 0.5) is 5.69 Å². The summed E-state index contributed by atoms with van der Waals surface area (Å²) in [5.74, 6) is 0.669. The summed E-state index contributed by atoms with van der Waals surface area (Å²) in [5, 5.41) is 0. The molecular formula is C15H17N. The largest absolute Gasteiger partial charge is 0.367 e. The van der Waals surface area contributed by atoms with E-state index >= 15 is 0 Å². The molecule has 0 bridgehead atoms. The number of benzene rings is 1. The summed E-state index contributed by atoms with van der Waals surface area (Å²) < 4.78 is 0. The molecule has 82 valence electrons. The third-order valence-electron chi connectivity index (χ3n) is 3.78. The van der Waals surface area contributed by atoms with Crippen LogP contribution in [0.2, 0.25) is 0 Å². The smallest absolute Gasteiger partial charge is 0.0535 e. The van der Waals surface area contributed by atoms with Gasteiger partial charge in [0, 0.05) is 18.7 Å². The molecule has 1 aliphatic carbocycles. The zero-order valence-corrected chi connectivity index (χ0v) is 9.63. The van der Waals surface area contributed by atoms with Crippen LogP contribution in [0.25, 0.3) is 0 Å². The zero-order valence-electron chi connectivity index (χ0n) is 9.63.